The van der Waals surface area contributed by atoms with Crippen LogP contribution in [0, 0.1) is 5.92 Å². The summed E-state index contributed by atoms with van der Waals surface area (Å²) in [7, 11) is 4.03. The lowest BCUT2D eigenvalue weighted by molar-refractivity contribution is -0.124. The molecular weight excluding hydrogens is 234 g/mol. The lowest BCUT2D eigenvalue weighted by Crippen LogP contribution is -2.38. The maximum absolute atomic E-state index is 11.7. The number of carbonyl (C=O) groups excluding carboxylic acids is 1. The summed E-state index contributed by atoms with van der Waals surface area (Å²) in [5, 5.41) is 7.11. The molecular formula is C12H21N3OS. The quantitative estimate of drug-likeness (QED) is 0.799. The number of thiophene rings is 1. The lowest BCUT2D eigenvalue weighted by Gasteiger charge is -2.24. The zero-order valence-electron chi connectivity index (χ0n) is 10.6. The highest BCUT2D eigenvalue weighted by molar-refractivity contribution is 7.07. The summed E-state index contributed by atoms with van der Waals surface area (Å²) in [6.07, 6.45) is 0. The van der Waals surface area contributed by atoms with Gasteiger partial charge in [-0.05, 0) is 36.5 Å². The Morgan fingerprint density at radius 3 is 2.76 bits per heavy atom. The average molecular weight is 255 g/mol. The van der Waals surface area contributed by atoms with Crippen molar-refractivity contribution in [2.45, 2.75) is 13.0 Å². The molecule has 0 saturated heterocycles. The van der Waals surface area contributed by atoms with Gasteiger partial charge in [-0.1, -0.05) is 6.92 Å². The highest BCUT2D eigenvalue weighted by Gasteiger charge is 2.17. The molecule has 2 atom stereocenters. The number of hydrogen-bond donors (Lipinski definition) is 2. The molecule has 0 aliphatic carbocycles. The van der Waals surface area contributed by atoms with Gasteiger partial charge in [0.2, 0.25) is 5.91 Å². The van der Waals surface area contributed by atoms with E-state index in [0.717, 1.165) is 0 Å². The molecule has 1 amide bonds. The number of hydrogen-bond acceptors (Lipinski definition) is 4. The molecule has 0 aliphatic rings. The predicted molar refractivity (Wildman–Crippen MR) is 72.0 cm³/mol. The largest absolute Gasteiger partial charge is 0.354 e. The summed E-state index contributed by atoms with van der Waals surface area (Å²) in [5.74, 6) is -0.102. The molecule has 1 aromatic heterocycles. The molecule has 0 fully saturated rings. The molecule has 0 bridgehead atoms. The van der Waals surface area contributed by atoms with Crippen LogP contribution in [0.3, 0.4) is 0 Å². The van der Waals surface area contributed by atoms with Crippen LogP contribution in [-0.2, 0) is 4.79 Å². The fourth-order valence-corrected chi connectivity index (χ4v) is 2.25. The zero-order chi connectivity index (χ0) is 12.8. The number of rotatable bonds is 6. The van der Waals surface area contributed by atoms with Gasteiger partial charge in [0.05, 0.1) is 6.04 Å². The van der Waals surface area contributed by atoms with Crippen molar-refractivity contribution in [3.8, 4) is 0 Å². The van der Waals surface area contributed by atoms with Gasteiger partial charge in [0, 0.05) is 19.0 Å². The molecule has 17 heavy (non-hydrogen) atoms. The van der Waals surface area contributed by atoms with E-state index in [2.05, 4.69) is 27.0 Å². The standard InChI is InChI=1S/C12H21N3OS/c1-9(6-13)12(16)14-7-11(15(2)3)10-4-5-17-8-10/h4-5,8-9,11H,6-7,13H2,1-3H3,(H,14,16). The highest BCUT2D eigenvalue weighted by Crippen LogP contribution is 2.19. The number of likely N-dealkylation sites (N-methyl/N-ethyl adjacent to an activating group) is 1. The molecule has 0 aromatic carbocycles. The molecule has 5 heteroatoms. The van der Waals surface area contributed by atoms with Crippen molar-refractivity contribution in [1.29, 1.82) is 0 Å². The zero-order valence-corrected chi connectivity index (χ0v) is 11.5. The van der Waals surface area contributed by atoms with E-state index in [1.807, 2.05) is 21.0 Å². The summed E-state index contributed by atoms with van der Waals surface area (Å²) in [4.78, 5) is 13.8. The minimum absolute atomic E-state index is 0.0228. The Labute approximate surface area is 107 Å². The van der Waals surface area contributed by atoms with Gasteiger partial charge in [0.25, 0.3) is 0 Å². The molecule has 3 N–H and O–H groups in total. The van der Waals surface area contributed by atoms with Gasteiger partial charge >= 0.3 is 0 Å². The second-order valence-corrected chi connectivity index (χ2v) is 5.20. The Morgan fingerprint density at radius 2 is 2.29 bits per heavy atom. The minimum Gasteiger partial charge on any atom is -0.354 e. The van der Waals surface area contributed by atoms with Crippen LogP contribution in [-0.4, -0.2) is 38.0 Å². The predicted octanol–water partition coefficient (Wildman–Crippen LogP) is 1.06. The number of nitrogens with one attached hydrogen (secondary N) is 1. The van der Waals surface area contributed by atoms with E-state index in [9.17, 15) is 4.79 Å². The first-order valence-corrected chi connectivity index (χ1v) is 6.66. The Hall–Kier alpha value is -0.910. The van der Waals surface area contributed by atoms with Crippen molar-refractivity contribution in [3.63, 3.8) is 0 Å². The topological polar surface area (TPSA) is 58.4 Å². The molecule has 96 valence electrons. The Morgan fingerprint density at radius 1 is 1.59 bits per heavy atom. The van der Waals surface area contributed by atoms with Gasteiger partial charge in [-0.2, -0.15) is 11.3 Å². The Bertz CT molecular complexity index is 338. The van der Waals surface area contributed by atoms with Gasteiger partial charge < -0.3 is 16.0 Å². The van der Waals surface area contributed by atoms with E-state index >= 15 is 0 Å². The fraction of sp³-hybridized carbons (Fsp3) is 0.583. The van der Waals surface area contributed by atoms with E-state index in [1.165, 1.54) is 5.56 Å². The molecule has 0 spiro atoms. The van der Waals surface area contributed by atoms with Gasteiger partial charge in [-0.15, -0.1) is 0 Å². The van der Waals surface area contributed by atoms with Crippen LogP contribution in [0.5, 0.6) is 0 Å². The van der Waals surface area contributed by atoms with E-state index < -0.39 is 0 Å². The van der Waals surface area contributed by atoms with Crippen molar-refractivity contribution < 1.29 is 4.79 Å². The SMILES string of the molecule is CC(CN)C(=O)NCC(c1ccsc1)N(C)C. The first-order chi connectivity index (χ1) is 8.06. The van der Waals surface area contributed by atoms with Crippen LogP contribution in [0.15, 0.2) is 16.8 Å². The first kappa shape index (κ1) is 14.2. The molecule has 0 radical (unpaired) electrons. The first-order valence-electron chi connectivity index (χ1n) is 5.72. The van der Waals surface area contributed by atoms with Crippen LogP contribution < -0.4 is 11.1 Å². The van der Waals surface area contributed by atoms with Crippen LogP contribution >= 0.6 is 11.3 Å². The van der Waals surface area contributed by atoms with Crippen molar-refractivity contribution in [2.24, 2.45) is 11.7 Å². The summed E-state index contributed by atoms with van der Waals surface area (Å²) in [6, 6.07) is 2.31. The van der Waals surface area contributed by atoms with E-state index in [1.54, 1.807) is 11.3 Å². The second-order valence-electron chi connectivity index (χ2n) is 4.42. The third-order valence-electron chi connectivity index (χ3n) is 2.82. The third kappa shape index (κ3) is 4.11. The number of nitrogens with zero attached hydrogens (tertiary/aromatic N) is 1. The number of nitrogens with two attached hydrogens (primary N) is 1. The number of amides is 1. The molecule has 4 nitrogen and oxygen atoms in total. The van der Waals surface area contributed by atoms with E-state index in [0.29, 0.717) is 13.1 Å². The fourth-order valence-electron chi connectivity index (χ4n) is 1.54. The van der Waals surface area contributed by atoms with Gasteiger partial charge in [0.15, 0.2) is 0 Å². The molecule has 1 rings (SSSR count). The summed E-state index contributed by atoms with van der Waals surface area (Å²) in [5.41, 5.74) is 6.70. The Balaban J connectivity index is 2.55. The van der Waals surface area contributed by atoms with Gasteiger partial charge in [-0.3, -0.25) is 4.79 Å². The molecule has 2 unspecified atom stereocenters. The monoisotopic (exact) mass is 255 g/mol. The second kappa shape index (κ2) is 6.74. The third-order valence-corrected chi connectivity index (χ3v) is 3.52. The van der Waals surface area contributed by atoms with Crippen LogP contribution in [0.1, 0.15) is 18.5 Å². The summed E-state index contributed by atoms with van der Waals surface area (Å²) < 4.78 is 0. The Kier molecular flexibility index (Phi) is 5.61. The van der Waals surface area contributed by atoms with Crippen LogP contribution in [0.25, 0.3) is 0 Å². The van der Waals surface area contributed by atoms with Crippen molar-refractivity contribution in [2.75, 3.05) is 27.2 Å². The van der Waals surface area contributed by atoms with Crippen molar-refractivity contribution in [3.05, 3.63) is 22.4 Å². The maximum atomic E-state index is 11.7. The molecule has 1 heterocycles. The van der Waals surface area contributed by atoms with Crippen LogP contribution in [0.4, 0.5) is 0 Å². The van der Waals surface area contributed by atoms with E-state index in [-0.39, 0.29) is 17.9 Å². The summed E-state index contributed by atoms with van der Waals surface area (Å²) in [6.45, 7) is 2.84. The number of carbonyl (C=O) groups is 1. The maximum Gasteiger partial charge on any atom is 0.224 e. The molecule has 0 aliphatic heterocycles. The molecule has 1 aromatic rings. The van der Waals surface area contributed by atoms with Crippen molar-refractivity contribution >= 4 is 17.2 Å². The van der Waals surface area contributed by atoms with E-state index in [4.69, 9.17) is 5.73 Å². The van der Waals surface area contributed by atoms with Gasteiger partial charge in [-0.25, -0.2) is 0 Å². The van der Waals surface area contributed by atoms with Gasteiger partial charge in [0.1, 0.15) is 0 Å². The van der Waals surface area contributed by atoms with Crippen LogP contribution in [0.2, 0.25) is 0 Å². The summed E-state index contributed by atoms with van der Waals surface area (Å²) >= 11 is 1.67. The molecule has 0 saturated carbocycles. The van der Waals surface area contributed by atoms with Crippen molar-refractivity contribution in [1.82, 2.24) is 10.2 Å². The minimum atomic E-state index is -0.125. The highest BCUT2D eigenvalue weighted by atomic mass is 32.1. The average Bonchev–Trinajstić information content (AvgIpc) is 2.81. The lowest BCUT2D eigenvalue weighted by atomic mass is 10.1. The normalized spacial score (nSPS) is 14.6. The smallest absolute Gasteiger partial charge is 0.224 e.